The van der Waals surface area contributed by atoms with Gasteiger partial charge in [-0.25, -0.2) is 0 Å². The second kappa shape index (κ2) is 9.75. The van der Waals surface area contributed by atoms with E-state index < -0.39 is 0 Å². The van der Waals surface area contributed by atoms with Gasteiger partial charge in [0.2, 0.25) is 5.91 Å². The van der Waals surface area contributed by atoms with Crippen LogP contribution in [-0.4, -0.2) is 74.8 Å². The molecule has 140 valence electrons. The Morgan fingerprint density at radius 2 is 2.16 bits per heavy atom. The van der Waals surface area contributed by atoms with Gasteiger partial charge in [-0.3, -0.25) is 14.6 Å². The number of hydrogen-bond acceptors (Lipinski definition) is 5. The van der Waals surface area contributed by atoms with Crippen molar-refractivity contribution in [2.45, 2.75) is 32.5 Å². The van der Waals surface area contributed by atoms with E-state index in [1.165, 1.54) is 0 Å². The molecule has 1 heterocycles. The highest BCUT2D eigenvalue weighted by atomic mass is 16.5. The number of benzene rings is 1. The molecule has 2 atom stereocenters. The van der Waals surface area contributed by atoms with Gasteiger partial charge in [-0.1, -0.05) is 12.1 Å². The molecule has 1 aliphatic rings. The lowest BCUT2D eigenvalue weighted by molar-refractivity contribution is -0.127. The summed E-state index contributed by atoms with van der Waals surface area (Å²) in [5, 5.41) is 3.04. The third-order valence-electron chi connectivity index (χ3n) is 4.91. The summed E-state index contributed by atoms with van der Waals surface area (Å²) in [6, 6.07) is 8.07. The zero-order chi connectivity index (χ0) is 18.2. The summed E-state index contributed by atoms with van der Waals surface area (Å²) in [5.74, 6) is 0.876. The Morgan fingerprint density at radius 3 is 2.84 bits per heavy atom. The Hall–Kier alpha value is -1.63. The van der Waals surface area contributed by atoms with Crippen molar-refractivity contribution < 1.29 is 14.3 Å². The number of nitrogens with one attached hydrogen (secondary N) is 1. The Kier molecular flexibility index (Phi) is 7.68. The number of nitrogens with zero attached hydrogens (tertiary/aromatic N) is 2. The van der Waals surface area contributed by atoms with E-state index >= 15 is 0 Å². The van der Waals surface area contributed by atoms with Crippen LogP contribution in [0.5, 0.6) is 5.75 Å². The predicted molar refractivity (Wildman–Crippen MR) is 98.8 cm³/mol. The van der Waals surface area contributed by atoms with Crippen LogP contribution in [0.1, 0.15) is 19.4 Å². The van der Waals surface area contributed by atoms with Crippen LogP contribution in [0.15, 0.2) is 24.3 Å². The van der Waals surface area contributed by atoms with Crippen LogP contribution in [0.3, 0.4) is 0 Å². The van der Waals surface area contributed by atoms with Crippen LogP contribution in [0.4, 0.5) is 0 Å². The molecule has 1 aromatic carbocycles. The first-order valence-electron chi connectivity index (χ1n) is 8.92. The Morgan fingerprint density at radius 1 is 1.36 bits per heavy atom. The smallest absolute Gasteiger partial charge is 0.237 e. The van der Waals surface area contributed by atoms with Gasteiger partial charge in [0.15, 0.2) is 0 Å². The van der Waals surface area contributed by atoms with Gasteiger partial charge in [0.05, 0.1) is 19.8 Å². The van der Waals surface area contributed by atoms with E-state index in [1.54, 1.807) is 14.2 Å². The molecule has 0 aromatic heterocycles. The fourth-order valence-corrected chi connectivity index (χ4v) is 3.20. The van der Waals surface area contributed by atoms with Crippen molar-refractivity contribution in [2.24, 2.45) is 0 Å². The zero-order valence-electron chi connectivity index (χ0n) is 15.8. The fraction of sp³-hybridized carbons (Fsp3) is 0.632. The number of amides is 1. The highest BCUT2D eigenvalue weighted by Crippen LogP contribution is 2.14. The third-order valence-corrected chi connectivity index (χ3v) is 4.91. The Bertz CT molecular complexity index is 552. The molecule has 1 aliphatic heterocycles. The first kappa shape index (κ1) is 19.7. The summed E-state index contributed by atoms with van der Waals surface area (Å²) in [6.07, 6.45) is 0. The minimum Gasteiger partial charge on any atom is -0.497 e. The lowest BCUT2D eigenvalue weighted by Gasteiger charge is -2.41. The first-order chi connectivity index (χ1) is 12.0. The van der Waals surface area contributed by atoms with Crippen LogP contribution < -0.4 is 10.1 Å². The topological polar surface area (TPSA) is 54.0 Å². The molecule has 25 heavy (non-hydrogen) atoms. The second-order valence-electron chi connectivity index (χ2n) is 6.62. The molecule has 6 nitrogen and oxygen atoms in total. The predicted octanol–water partition coefficient (Wildman–Crippen LogP) is 1.35. The molecule has 0 bridgehead atoms. The summed E-state index contributed by atoms with van der Waals surface area (Å²) in [7, 11) is 3.38. The van der Waals surface area contributed by atoms with Gasteiger partial charge in [0.25, 0.3) is 0 Å². The molecular formula is C19H31N3O3. The molecule has 0 aliphatic carbocycles. The van der Waals surface area contributed by atoms with E-state index in [4.69, 9.17) is 9.47 Å². The zero-order valence-corrected chi connectivity index (χ0v) is 15.8. The number of hydrogen-bond donors (Lipinski definition) is 1. The van der Waals surface area contributed by atoms with Crippen molar-refractivity contribution >= 4 is 5.91 Å². The van der Waals surface area contributed by atoms with Crippen molar-refractivity contribution in [1.29, 1.82) is 0 Å². The van der Waals surface area contributed by atoms with Gasteiger partial charge in [-0.2, -0.15) is 0 Å². The maximum absolute atomic E-state index is 12.5. The summed E-state index contributed by atoms with van der Waals surface area (Å²) in [5.41, 5.74) is 1.04. The lowest BCUT2D eigenvalue weighted by atomic mass is 10.1. The summed E-state index contributed by atoms with van der Waals surface area (Å²) < 4.78 is 10.4. The lowest BCUT2D eigenvalue weighted by Crippen LogP contribution is -2.57. The number of piperazine rings is 1. The highest BCUT2D eigenvalue weighted by molar-refractivity contribution is 5.81. The normalized spacial score (nSPS) is 20.2. The third kappa shape index (κ3) is 5.70. The highest BCUT2D eigenvalue weighted by Gasteiger charge is 2.29. The van der Waals surface area contributed by atoms with Crippen LogP contribution in [0.25, 0.3) is 0 Å². The van der Waals surface area contributed by atoms with Gasteiger partial charge in [0, 0.05) is 45.9 Å². The van der Waals surface area contributed by atoms with Crippen LogP contribution >= 0.6 is 0 Å². The molecule has 1 aromatic rings. The maximum atomic E-state index is 12.5. The van der Waals surface area contributed by atoms with Gasteiger partial charge in [-0.05, 0) is 31.5 Å². The van der Waals surface area contributed by atoms with Crippen molar-refractivity contribution in [2.75, 3.05) is 47.0 Å². The first-order valence-corrected chi connectivity index (χ1v) is 8.92. The minimum atomic E-state index is -0.127. The molecule has 2 rings (SSSR count). The molecule has 6 heteroatoms. The molecule has 1 N–H and O–H groups in total. The van der Waals surface area contributed by atoms with Crippen molar-refractivity contribution in [3.63, 3.8) is 0 Å². The number of carbonyl (C=O) groups excluding carboxylic acids is 1. The van der Waals surface area contributed by atoms with Crippen molar-refractivity contribution in [3.05, 3.63) is 29.8 Å². The van der Waals surface area contributed by atoms with E-state index in [0.29, 0.717) is 12.6 Å². The molecule has 0 spiro atoms. The summed E-state index contributed by atoms with van der Waals surface area (Å²) in [6.45, 7) is 9.19. The quantitative estimate of drug-likeness (QED) is 0.768. The Balaban J connectivity index is 1.81. The molecule has 0 saturated carbocycles. The van der Waals surface area contributed by atoms with E-state index in [0.717, 1.165) is 44.1 Å². The summed E-state index contributed by atoms with van der Waals surface area (Å²) >= 11 is 0. The summed E-state index contributed by atoms with van der Waals surface area (Å²) in [4.78, 5) is 17.2. The van der Waals surface area contributed by atoms with Crippen LogP contribution in [0, 0.1) is 0 Å². The SMILES string of the molecule is COCCN1CCN(C(C)C(=O)NCc2cccc(OC)c2)CC1C. The van der Waals surface area contributed by atoms with E-state index in [1.807, 2.05) is 31.2 Å². The monoisotopic (exact) mass is 349 g/mol. The second-order valence-corrected chi connectivity index (χ2v) is 6.62. The molecule has 1 amide bonds. The molecule has 1 fully saturated rings. The number of methoxy groups -OCH3 is 2. The minimum absolute atomic E-state index is 0.0698. The number of carbonyl (C=O) groups is 1. The van der Waals surface area contributed by atoms with Crippen molar-refractivity contribution in [3.8, 4) is 5.75 Å². The van der Waals surface area contributed by atoms with E-state index in [9.17, 15) is 4.79 Å². The van der Waals surface area contributed by atoms with Crippen LogP contribution in [0.2, 0.25) is 0 Å². The largest absolute Gasteiger partial charge is 0.497 e. The average molecular weight is 349 g/mol. The number of ether oxygens (including phenoxy) is 2. The van der Waals surface area contributed by atoms with Gasteiger partial charge in [0.1, 0.15) is 5.75 Å². The fourth-order valence-electron chi connectivity index (χ4n) is 3.20. The maximum Gasteiger partial charge on any atom is 0.237 e. The Labute approximate surface area is 151 Å². The molecule has 2 unspecified atom stereocenters. The van der Waals surface area contributed by atoms with Gasteiger partial charge in [-0.15, -0.1) is 0 Å². The van der Waals surface area contributed by atoms with Crippen molar-refractivity contribution in [1.82, 2.24) is 15.1 Å². The van der Waals surface area contributed by atoms with Crippen LogP contribution in [-0.2, 0) is 16.1 Å². The van der Waals surface area contributed by atoms with Gasteiger partial charge >= 0.3 is 0 Å². The average Bonchev–Trinajstić information content (AvgIpc) is 2.64. The standard InChI is InChI=1S/C19H31N3O3/c1-15-14-22(9-8-21(15)10-11-24-3)16(2)19(23)20-13-17-6-5-7-18(12-17)25-4/h5-7,12,15-16H,8-11,13-14H2,1-4H3,(H,20,23). The number of rotatable bonds is 8. The van der Waals surface area contributed by atoms with E-state index in [2.05, 4.69) is 22.0 Å². The van der Waals surface area contributed by atoms with E-state index in [-0.39, 0.29) is 11.9 Å². The molecular weight excluding hydrogens is 318 g/mol. The molecule has 1 saturated heterocycles. The molecule has 0 radical (unpaired) electrons. The van der Waals surface area contributed by atoms with Gasteiger partial charge < -0.3 is 14.8 Å².